The molecular weight excluding hydrogens is 717 g/mol. The summed E-state index contributed by atoms with van der Waals surface area (Å²) in [5.74, 6) is -0.427. The first kappa shape index (κ1) is 55.3. The Morgan fingerprint density at radius 3 is 1.28 bits per heavy atom. The quantitative estimate of drug-likeness (QED) is 0.0348. The van der Waals surface area contributed by atoms with Crippen LogP contribution in [-0.4, -0.2) is 37.9 Å². The zero-order valence-corrected chi connectivity index (χ0v) is 38.3. The third-order valence-electron chi connectivity index (χ3n) is 10.2. The average Bonchev–Trinajstić information content (AvgIpc) is 3.22. The summed E-state index contributed by atoms with van der Waals surface area (Å²) in [5, 5.41) is 0. The van der Waals surface area contributed by atoms with Crippen LogP contribution >= 0.6 is 0 Å². The van der Waals surface area contributed by atoms with Crippen LogP contribution in [0.15, 0.2) is 72.9 Å². The van der Waals surface area contributed by atoms with Gasteiger partial charge in [0.1, 0.15) is 6.61 Å². The molecule has 5 nitrogen and oxygen atoms in total. The molecule has 0 bridgehead atoms. The highest BCUT2D eigenvalue weighted by atomic mass is 16.6. The van der Waals surface area contributed by atoms with E-state index in [0.717, 1.165) is 89.9 Å². The molecule has 0 saturated carbocycles. The van der Waals surface area contributed by atoms with Crippen molar-refractivity contribution in [3.63, 3.8) is 0 Å². The molecule has 5 heteroatoms. The maximum absolute atomic E-state index is 12.6. The van der Waals surface area contributed by atoms with Gasteiger partial charge in [0.05, 0.1) is 6.61 Å². The van der Waals surface area contributed by atoms with E-state index in [4.69, 9.17) is 14.2 Å². The molecule has 0 rings (SSSR count). The molecule has 1 atom stereocenters. The smallest absolute Gasteiger partial charge is 0.306 e. The molecule has 58 heavy (non-hydrogen) atoms. The van der Waals surface area contributed by atoms with Gasteiger partial charge in [-0.3, -0.25) is 9.59 Å². The lowest BCUT2D eigenvalue weighted by molar-refractivity contribution is -0.163. The summed E-state index contributed by atoms with van der Waals surface area (Å²) >= 11 is 0. The first-order valence-electron chi connectivity index (χ1n) is 24.5. The van der Waals surface area contributed by atoms with Crippen molar-refractivity contribution in [3.8, 4) is 0 Å². The van der Waals surface area contributed by atoms with E-state index in [1.54, 1.807) is 0 Å². The molecule has 0 radical (unpaired) electrons. The monoisotopic (exact) mass is 809 g/mol. The van der Waals surface area contributed by atoms with Crippen LogP contribution in [0, 0.1) is 0 Å². The molecule has 0 spiro atoms. The van der Waals surface area contributed by atoms with Gasteiger partial charge in [-0.1, -0.05) is 196 Å². The number of allylic oxidation sites excluding steroid dienone is 12. The first-order valence-corrected chi connectivity index (χ1v) is 24.5. The molecule has 0 aliphatic rings. The second-order valence-electron chi connectivity index (χ2n) is 16.0. The highest BCUT2D eigenvalue weighted by molar-refractivity contribution is 5.70. The highest BCUT2D eigenvalue weighted by Gasteiger charge is 2.17. The van der Waals surface area contributed by atoms with Gasteiger partial charge in [0.15, 0.2) is 6.10 Å². The van der Waals surface area contributed by atoms with Gasteiger partial charge < -0.3 is 14.2 Å². The summed E-state index contributed by atoms with van der Waals surface area (Å²) in [6, 6.07) is 0. The molecule has 1 unspecified atom stereocenters. The fourth-order valence-electron chi connectivity index (χ4n) is 6.59. The van der Waals surface area contributed by atoms with Gasteiger partial charge in [-0.25, -0.2) is 0 Å². The lowest BCUT2D eigenvalue weighted by Crippen LogP contribution is -2.30. The molecule has 0 aromatic carbocycles. The van der Waals surface area contributed by atoms with Gasteiger partial charge in [0.2, 0.25) is 0 Å². The summed E-state index contributed by atoms with van der Waals surface area (Å²) in [7, 11) is 0. The predicted molar refractivity (Wildman–Crippen MR) is 251 cm³/mol. The van der Waals surface area contributed by atoms with Crippen LogP contribution in [0.2, 0.25) is 0 Å². The summed E-state index contributed by atoms with van der Waals surface area (Å²) in [5.41, 5.74) is 0. The van der Waals surface area contributed by atoms with Crippen molar-refractivity contribution in [2.45, 2.75) is 232 Å². The SMILES string of the molecule is CC/C=C\C/C=C\C/C=C\CCCCCCCCCC(=O)OCC(COCCCCCCCCC/C=C\C/C=C\C/C=C\CCCCC)OC(=O)CCCCCCC. The zero-order chi connectivity index (χ0) is 42.1. The van der Waals surface area contributed by atoms with Crippen molar-refractivity contribution < 1.29 is 23.8 Å². The molecule has 0 amide bonds. The van der Waals surface area contributed by atoms with Crippen LogP contribution in [0.25, 0.3) is 0 Å². The third-order valence-corrected chi connectivity index (χ3v) is 10.2. The second-order valence-corrected chi connectivity index (χ2v) is 16.0. The van der Waals surface area contributed by atoms with Gasteiger partial charge in [-0.15, -0.1) is 0 Å². The van der Waals surface area contributed by atoms with Gasteiger partial charge in [0.25, 0.3) is 0 Å². The number of carbonyl (C=O) groups excluding carboxylic acids is 2. The van der Waals surface area contributed by atoms with Crippen molar-refractivity contribution in [3.05, 3.63) is 72.9 Å². The minimum Gasteiger partial charge on any atom is -0.462 e. The normalized spacial score (nSPS) is 12.8. The van der Waals surface area contributed by atoms with Crippen LogP contribution in [0.4, 0.5) is 0 Å². The third kappa shape index (κ3) is 46.0. The van der Waals surface area contributed by atoms with Gasteiger partial charge in [-0.05, 0) is 89.9 Å². The first-order chi connectivity index (χ1) is 28.6. The summed E-state index contributed by atoms with van der Waals surface area (Å²) < 4.78 is 17.2. The van der Waals surface area contributed by atoms with Crippen molar-refractivity contribution in [2.24, 2.45) is 0 Å². The summed E-state index contributed by atoms with van der Waals surface area (Å²) in [6.07, 6.45) is 62.2. The van der Waals surface area contributed by atoms with Gasteiger partial charge >= 0.3 is 11.9 Å². The van der Waals surface area contributed by atoms with E-state index in [-0.39, 0.29) is 25.2 Å². The fourth-order valence-corrected chi connectivity index (χ4v) is 6.59. The molecule has 0 aromatic rings. The van der Waals surface area contributed by atoms with Crippen LogP contribution in [0.1, 0.15) is 226 Å². The molecule has 0 saturated heterocycles. The summed E-state index contributed by atoms with van der Waals surface area (Å²) in [4.78, 5) is 25.1. The Hall–Kier alpha value is -2.66. The Bertz CT molecular complexity index is 1050. The molecule has 0 aromatic heterocycles. The topological polar surface area (TPSA) is 61.8 Å². The van der Waals surface area contributed by atoms with E-state index in [9.17, 15) is 9.59 Å². The number of ether oxygens (including phenoxy) is 3. The van der Waals surface area contributed by atoms with Gasteiger partial charge in [-0.2, -0.15) is 0 Å². The Labute approximate surface area is 359 Å². The number of esters is 2. The molecule has 0 aliphatic heterocycles. The second kappa shape index (κ2) is 48.7. The van der Waals surface area contributed by atoms with Crippen molar-refractivity contribution in [1.82, 2.24) is 0 Å². The lowest BCUT2D eigenvalue weighted by Gasteiger charge is -2.18. The van der Waals surface area contributed by atoms with Crippen LogP contribution in [0.5, 0.6) is 0 Å². The average molecular weight is 809 g/mol. The number of carbonyl (C=O) groups is 2. The van der Waals surface area contributed by atoms with E-state index < -0.39 is 6.10 Å². The van der Waals surface area contributed by atoms with Gasteiger partial charge in [0, 0.05) is 19.4 Å². The molecule has 0 aliphatic carbocycles. The minimum absolute atomic E-state index is 0.0736. The maximum Gasteiger partial charge on any atom is 0.306 e. The Kier molecular flexibility index (Phi) is 46.5. The predicted octanol–water partition coefficient (Wildman–Crippen LogP) is 16.3. The minimum atomic E-state index is -0.543. The zero-order valence-electron chi connectivity index (χ0n) is 38.3. The number of unbranched alkanes of at least 4 members (excludes halogenated alkanes) is 21. The van der Waals surface area contributed by atoms with Crippen molar-refractivity contribution >= 4 is 11.9 Å². The van der Waals surface area contributed by atoms with Crippen LogP contribution in [0.3, 0.4) is 0 Å². The molecule has 334 valence electrons. The largest absolute Gasteiger partial charge is 0.462 e. The maximum atomic E-state index is 12.6. The molecular formula is C53H92O5. The lowest BCUT2D eigenvalue weighted by atomic mass is 10.1. The number of hydrogen-bond donors (Lipinski definition) is 0. The molecule has 0 heterocycles. The van der Waals surface area contributed by atoms with E-state index in [1.807, 2.05) is 0 Å². The Morgan fingerprint density at radius 2 is 0.776 bits per heavy atom. The Morgan fingerprint density at radius 1 is 0.397 bits per heavy atom. The fraction of sp³-hybridized carbons (Fsp3) is 0.736. The van der Waals surface area contributed by atoms with E-state index in [0.29, 0.717) is 19.4 Å². The van der Waals surface area contributed by atoms with Crippen molar-refractivity contribution in [1.29, 1.82) is 0 Å². The standard InChI is InChI=1S/C53H92O5/c1-4-7-10-13-15-17-19-21-23-25-26-27-29-31-33-35-37-39-42-45-48-56-49-51(58-53(55)47-44-40-12-9-6-3)50-57-52(54)46-43-41-38-36-34-32-30-28-24-22-20-18-16-14-11-8-5-2/h8,11,15-18,21-24,26-27,51H,4-7,9-10,12-14,19-20,25,28-50H2,1-3H3/b11-8-,17-15-,18-16-,23-21-,24-22-,27-26-. The highest BCUT2D eigenvalue weighted by Crippen LogP contribution is 2.13. The Balaban J connectivity index is 4.06. The summed E-state index contributed by atoms with van der Waals surface area (Å²) in [6.45, 7) is 7.59. The number of rotatable bonds is 44. The number of hydrogen-bond acceptors (Lipinski definition) is 5. The molecule has 0 fully saturated rings. The van der Waals surface area contributed by atoms with Crippen molar-refractivity contribution in [2.75, 3.05) is 19.8 Å². The van der Waals surface area contributed by atoms with E-state index in [2.05, 4.69) is 93.7 Å². The van der Waals surface area contributed by atoms with Crippen LogP contribution < -0.4 is 0 Å². The molecule has 0 N–H and O–H groups in total. The van der Waals surface area contributed by atoms with E-state index >= 15 is 0 Å². The van der Waals surface area contributed by atoms with Crippen LogP contribution in [-0.2, 0) is 23.8 Å². The van der Waals surface area contributed by atoms with E-state index in [1.165, 1.54) is 103 Å².